The first kappa shape index (κ1) is 10.2. The molecule has 0 bridgehead atoms. The number of aromatic amines is 1. The van der Waals surface area contributed by atoms with Gasteiger partial charge in [0.15, 0.2) is 0 Å². The number of benzene rings is 1. The number of fused-ring (bicyclic) bond motifs is 1. The zero-order chi connectivity index (χ0) is 11.0. The van der Waals surface area contributed by atoms with E-state index in [2.05, 4.69) is 37.9 Å². The lowest BCUT2D eigenvalue weighted by Crippen LogP contribution is -1.89. The smallest absolute Gasteiger partial charge is 0.0736 e. The third-order valence-corrected chi connectivity index (χ3v) is 2.98. The zero-order valence-electron chi connectivity index (χ0n) is 9.77. The Morgan fingerprint density at radius 2 is 1.80 bits per heavy atom. The van der Waals surface area contributed by atoms with Crippen LogP contribution in [-0.4, -0.2) is 12.1 Å². The van der Waals surface area contributed by atoms with Crippen LogP contribution in [0, 0.1) is 20.8 Å². The molecule has 0 fully saturated rings. The van der Waals surface area contributed by atoms with E-state index in [-0.39, 0.29) is 0 Å². The fourth-order valence-corrected chi connectivity index (χ4v) is 2.14. The summed E-state index contributed by atoms with van der Waals surface area (Å²) in [4.78, 5) is 3.44. The second-order valence-electron chi connectivity index (χ2n) is 4.11. The molecule has 0 radical (unpaired) electrons. The molecule has 2 rings (SSSR count). The van der Waals surface area contributed by atoms with Crippen molar-refractivity contribution in [2.24, 2.45) is 0 Å². The van der Waals surface area contributed by atoms with Gasteiger partial charge in [-0.3, -0.25) is 0 Å². The molecular weight excluding hydrogens is 186 g/mol. The van der Waals surface area contributed by atoms with Gasteiger partial charge in [-0.2, -0.15) is 0 Å². The Bertz CT molecular complexity index is 497. The van der Waals surface area contributed by atoms with E-state index < -0.39 is 0 Å². The number of hydrogen-bond donors (Lipinski definition) is 1. The van der Waals surface area contributed by atoms with E-state index in [4.69, 9.17) is 4.74 Å². The highest BCUT2D eigenvalue weighted by atomic mass is 16.5. The summed E-state index contributed by atoms with van der Waals surface area (Å²) >= 11 is 0. The first-order valence-corrected chi connectivity index (χ1v) is 5.21. The third kappa shape index (κ3) is 1.55. The van der Waals surface area contributed by atoms with Crippen molar-refractivity contribution in [1.82, 2.24) is 4.98 Å². The van der Waals surface area contributed by atoms with Crippen LogP contribution in [0.5, 0.6) is 0 Å². The summed E-state index contributed by atoms with van der Waals surface area (Å²) < 4.78 is 5.25. The lowest BCUT2D eigenvalue weighted by molar-refractivity contribution is 0.185. The molecule has 1 aromatic heterocycles. The summed E-state index contributed by atoms with van der Waals surface area (Å²) in [5.41, 5.74) is 6.35. The Balaban J connectivity index is 2.79. The molecule has 0 spiro atoms. The number of ether oxygens (including phenoxy) is 1. The van der Waals surface area contributed by atoms with Gasteiger partial charge in [-0.05, 0) is 31.9 Å². The van der Waals surface area contributed by atoms with Crippen LogP contribution in [0.15, 0.2) is 12.1 Å². The molecule has 2 heteroatoms. The predicted octanol–water partition coefficient (Wildman–Crippen LogP) is 3.24. The highest BCUT2D eigenvalue weighted by Gasteiger charge is 2.11. The minimum absolute atomic E-state index is 0.677. The molecule has 0 unspecified atom stereocenters. The Labute approximate surface area is 90.3 Å². The van der Waals surface area contributed by atoms with Crippen molar-refractivity contribution >= 4 is 10.9 Å². The van der Waals surface area contributed by atoms with E-state index in [9.17, 15) is 0 Å². The summed E-state index contributed by atoms with van der Waals surface area (Å²) in [6.45, 7) is 7.06. The highest BCUT2D eigenvalue weighted by molar-refractivity contribution is 5.90. The van der Waals surface area contributed by atoms with E-state index >= 15 is 0 Å². The van der Waals surface area contributed by atoms with Crippen LogP contribution in [0.25, 0.3) is 10.9 Å². The van der Waals surface area contributed by atoms with Gasteiger partial charge in [0, 0.05) is 29.3 Å². The standard InChI is InChI=1S/C13H17NO/c1-8-5-6-9(2)13-12(8)11(7-15-4)10(3)14-13/h5-6,14H,7H2,1-4H3. The van der Waals surface area contributed by atoms with Gasteiger partial charge in [0.2, 0.25) is 0 Å². The molecule has 80 valence electrons. The number of nitrogens with one attached hydrogen (secondary N) is 1. The van der Waals surface area contributed by atoms with Crippen LogP contribution in [0.3, 0.4) is 0 Å². The van der Waals surface area contributed by atoms with Gasteiger partial charge in [0.05, 0.1) is 6.61 Å². The Morgan fingerprint density at radius 1 is 1.13 bits per heavy atom. The first-order valence-electron chi connectivity index (χ1n) is 5.21. The summed E-state index contributed by atoms with van der Waals surface area (Å²) in [7, 11) is 1.74. The van der Waals surface area contributed by atoms with Crippen LogP contribution >= 0.6 is 0 Å². The van der Waals surface area contributed by atoms with Crippen LogP contribution in [0.4, 0.5) is 0 Å². The Kier molecular flexibility index (Phi) is 2.53. The maximum Gasteiger partial charge on any atom is 0.0736 e. The molecule has 0 saturated heterocycles. The highest BCUT2D eigenvalue weighted by Crippen LogP contribution is 2.28. The fraction of sp³-hybridized carbons (Fsp3) is 0.385. The summed E-state index contributed by atoms with van der Waals surface area (Å²) in [6.07, 6.45) is 0. The van der Waals surface area contributed by atoms with Gasteiger partial charge in [-0.15, -0.1) is 0 Å². The maximum absolute atomic E-state index is 5.25. The average Bonchev–Trinajstić information content (AvgIpc) is 2.53. The molecule has 0 aliphatic rings. The van der Waals surface area contributed by atoms with Gasteiger partial charge >= 0.3 is 0 Å². The number of rotatable bonds is 2. The quantitative estimate of drug-likeness (QED) is 0.796. The molecule has 0 atom stereocenters. The Hall–Kier alpha value is -1.28. The summed E-state index contributed by atoms with van der Waals surface area (Å²) in [5.74, 6) is 0. The van der Waals surface area contributed by atoms with Crippen LogP contribution < -0.4 is 0 Å². The molecular formula is C13H17NO. The second kappa shape index (κ2) is 3.70. The van der Waals surface area contributed by atoms with E-state index in [0.29, 0.717) is 6.61 Å². The van der Waals surface area contributed by atoms with Crippen molar-refractivity contribution in [3.05, 3.63) is 34.5 Å². The maximum atomic E-state index is 5.25. The zero-order valence-corrected chi connectivity index (χ0v) is 9.77. The number of methoxy groups -OCH3 is 1. The van der Waals surface area contributed by atoms with Crippen molar-refractivity contribution in [3.63, 3.8) is 0 Å². The first-order chi connectivity index (χ1) is 7.15. The lowest BCUT2D eigenvalue weighted by atomic mass is 10.0. The topological polar surface area (TPSA) is 25.0 Å². The van der Waals surface area contributed by atoms with Crippen molar-refractivity contribution in [1.29, 1.82) is 0 Å². The predicted molar refractivity (Wildman–Crippen MR) is 63.2 cm³/mol. The van der Waals surface area contributed by atoms with Gasteiger partial charge < -0.3 is 9.72 Å². The number of H-pyrrole nitrogens is 1. The molecule has 0 saturated carbocycles. The van der Waals surface area contributed by atoms with Gasteiger partial charge in [0.25, 0.3) is 0 Å². The van der Waals surface area contributed by atoms with Crippen LogP contribution in [0.1, 0.15) is 22.4 Å². The molecule has 2 nitrogen and oxygen atoms in total. The minimum Gasteiger partial charge on any atom is -0.380 e. The largest absolute Gasteiger partial charge is 0.380 e. The van der Waals surface area contributed by atoms with Gasteiger partial charge in [0.1, 0.15) is 0 Å². The van der Waals surface area contributed by atoms with E-state index in [1.807, 2.05) is 0 Å². The van der Waals surface area contributed by atoms with Crippen molar-refractivity contribution in [3.8, 4) is 0 Å². The van der Waals surface area contributed by atoms with Crippen molar-refractivity contribution in [2.45, 2.75) is 27.4 Å². The number of hydrogen-bond acceptors (Lipinski definition) is 1. The molecule has 0 aliphatic heterocycles. The van der Waals surface area contributed by atoms with Crippen LogP contribution in [-0.2, 0) is 11.3 Å². The third-order valence-electron chi connectivity index (χ3n) is 2.98. The number of aromatic nitrogens is 1. The average molecular weight is 203 g/mol. The normalized spacial score (nSPS) is 11.2. The molecule has 1 N–H and O–H groups in total. The van der Waals surface area contributed by atoms with Crippen LogP contribution in [0.2, 0.25) is 0 Å². The summed E-state index contributed by atoms with van der Waals surface area (Å²) in [6, 6.07) is 4.33. The van der Waals surface area contributed by atoms with E-state index in [1.165, 1.54) is 33.3 Å². The van der Waals surface area contributed by atoms with E-state index in [1.54, 1.807) is 7.11 Å². The summed E-state index contributed by atoms with van der Waals surface area (Å²) in [5, 5.41) is 1.33. The fourth-order valence-electron chi connectivity index (χ4n) is 2.14. The minimum atomic E-state index is 0.677. The molecule has 0 aliphatic carbocycles. The second-order valence-corrected chi connectivity index (χ2v) is 4.11. The molecule has 2 aromatic rings. The SMILES string of the molecule is COCc1c(C)[nH]c2c(C)ccc(C)c12. The Morgan fingerprint density at radius 3 is 2.47 bits per heavy atom. The molecule has 1 heterocycles. The lowest BCUT2D eigenvalue weighted by Gasteiger charge is -2.03. The van der Waals surface area contributed by atoms with E-state index in [0.717, 1.165) is 0 Å². The van der Waals surface area contributed by atoms with Gasteiger partial charge in [-0.25, -0.2) is 0 Å². The van der Waals surface area contributed by atoms with Crippen molar-refractivity contribution < 1.29 is 4.74 Å². The molecule has 1 aromatic carbocycles. The molecule has 15 heavy (non-hydrogen) atoms. The molecule has 0 amide bonds. The number of aryl methyl sites for hydroxylation is 3. The van der Waals surface area contributed by atoms with Gasteiger partial charge in [-0.1, -0.05) is 12.1 Å². The monoisotopic (exact) mass is 203 g/mol. The van der Waals surface area contributed by atoms with Crippen molar-refractivity contribution in [2.75, 3.05) is 7.11 Å².